The summed E-state index contributed by atoms with van der Waals surface area (Å²) in [7, 11) is 1.61. The van der Waals surface area contributed by atoms with Gasteiger partial charge < -0.3 is 5.32 Å². The molecule has 3 aromatic rings. The number of fused-ring (bicyclic) bond motifs is 1. The van der Waals surface area contributed by atoms with Gasteiger partial charge in [-0.05, 0) is 24.3 Å². The number of benzene rings is 2. The van der Waals surface area contributed by atoms with Crippen molar-refractivity contribution in [2.24, 2.45) is 7.05 Å². The fourth-order valence-electron chi connectivity index (χ4n) is 2.21. The number of anilines is 1. The summed E-state index contributed by atoms with van der Waals surface area (Å²) in [6.45, 7) is 0. The van der Waals surface area contributed by atoms with Gasteiger partial charge in [0.25, 0.3) is 5.56 Å². The van der Waals surface area contributed by atoms with Crippen molar-refractivity contribution < 1.29 is 9.18 Å². The first-order chi connectivity index (χ1) is 11.6. The number of thioether (sulfide) groups is 1. The SMILES string of the molecule is Cn1c(SCC(=O)Nc2ccccc2F)nc2ccccc2c1=O. The molecule has 0 atom stereocenters. The second kappa shape index (κ2) is 6.84. The minimum Gasteiger partial charge on any atom is -0.323 e. The lowest BCUT2D eigenvalue weighted by molar-refractivity contribution is -0.113. The van der Waals surface area contributed by atoms with Crippen LogP contribution in [0.4, 0.5) is 10.1 Å². The van der Waals surface area contributed by atoms with Crippen LogP contribution in [-0.4, -0.2) is 21.2 Å². The molecule has 3 rings (SSSR count). The van der Waals surface area contributed by atoms with E-state index in [9.17, 15) is 14.0 Å². The van der Waals surface area contributed by atoms with Crippen molar-refractivity contribution in [1.29, 1.82) is 0 Å². The number of para-hydroxylation sites is 2. The quantitative estimate of drug-likeness (QED) is 0.584. The van der Waals surface area contributed by atoms with Gasteiger partial charge in [0.1, 0.15) is 5.82 Å². The van der Waals surface area contributed by atoms with Crippen LogP contribution in [0.25, 0.3) is 10.9 Å². The van der Waals surface area contributed by atoms with Gasteiger partial charge in [0.15, 0.2) is 5.16 Å². The van der Waals surface area contributed by atoms with Crippen molar-refractivity contribution in [2.75, 3.05) is 11.1 Å². The molecule has 0 radical (unpaired) electrons. The van der Waals surface area contributed by atoms with Crippen molar-refractivity contribution >= 4 is 34.3 Å². The molecule has 24 heavy (non-hydrogen) atoms. The lowest BCUT2D eigenvalue weighted by atomic mass is 10.2. The molecule has 0 aliphatic carbocycles. The van der Waals surface area contributed by atoms with E-state index in [2.05, 4.69) is 10.3 Å². The number of nitrogens with zero attached hydrogens (tertiary/aromatic N) is 2. The predicted molar refractivity (Wildman–Crippen MR) is 92.7 cm³/mol. The number of carbonyl (C=O) groups excluding carboxylic acids is 1. The number of carbonyl (C=O) groups is 1. The third-order valence-electron chi connectivity index (χ3n) is 3.42. The van der Waals surface area contributed by atoms with Crippen LogP contribution in [0.2, 0.25) is 0 Å². The molecule has 1 aromatic heterocycles. The van der Waals surface area contributed by atoms with E-state index in [4.69, 9.17) is 0 Å². The zero-order chi connectivity index (χ0) is 17.1. The molecule has 0 aliphatic rings. The maximum atomic E-state index is 13.5. The third-order valence-corrected chi connectivity index (χ3v) is 4.45. The number of nitrogens with one attached hydrogen (secondary N) is 1. The minimum atomic E-state index is -0.493. The van der Waals surface area contributed by atoms with Gasteiger partial charge in [0.05, 0.1) is 22.3 Å². The van der Waals surface area contributed by atoms with Gasteiger partial charge in [-0.2, -0.15) is 0 Å². The summed E-state index contributed by atoms with van der Waals surface area (Å²) in [6.07, 6.45) is 0. The Morgan fingerprint density at radius 1 is 1.21 bits per heavy atom. The van der Waals surface area contributed by atoms with Crippen LogP contribution in [-0.2, 0) is 11.8 Å². The normalized spacial score (nSPS) is 10.8. The summed E-state index contributed by atoms with van der Waals surface area (Å²) in [5, 5.41) is 3.46. The average Bonchev–Trinajstić information content (AvgIpc) is 2.59. The maximum Gasteiger partial charge on any atom is 0.261 e. The molecule has 1 amide bonds. The van der Waals surface area contributed by atoms with Crippen molar-refractivity contribution in [3.05, 3.63) is 64.7 Å². The van der Waals surface area contributed by atoms with E-state index in [-0.39, 0.29) is 22.9 Å². The van der Waals surface area contributed by atoms with E-state index < -0.39 is 5.82 Å². The topological polar surface area (TPSA) is 64.0 Å². The molecule has 0 spiro atoms. The van der Waals surface area contributed by atoms with Gasteiger partial charge in [-0.3, -0.25) is 14.2 Å². The summed E-state index contributed by atoms with van der Waals surface area (Å²) < 4.78 is 14.9. The monoisotopic (exact) mass is 343 g/mol. The highest BCUT2D eigenvalue weighted by Gasteiger charge is 2.11. The maximum absolute atomic E-state index is 13.5. The molecule has 0 saturated heterocycles. The Morgan fingerprint density at radius 2 is 1.92 bits per heavy atom. The molecule has 2 aromatic carbocycles. The second-order valence-corrected chi connectivity index (χ2v) is 6.03. The highest BCUT2D eigenvalue weighted by Crippen LogP contribution is 2.18. The highest BCUT2D eigenvalue weighted by atomic mass is 32.2. The van der Waals surface area contributed by atoms with E-state index in [1.54, 1.807) is 43.4 Å². The van der Waals surface area contributed by atoms with Crippen LogP contribution in [0.5, 0.6) is 0 Å². The van der Waals surface area contributed by atoms with Crippen LogP contribution in [0.3, 0.4) is 0 Å². The lowest BCUT2D eigenvalue weighted by Gasteiger charge is -2.09. The first kappa shape index (κ1) is 16.2. The van der Waals surface area contributed by atoms with Gasteiger partial charge >= 0.3 is 0 Å². The number of hydrogen-bond acceptors (Lipinski definition) is 4. The molecule has 122 valence electrons. The van der Waals surface area contributed by atoms with Crippen LogP contribution in [0.1, 0.15) is 0 Å². The molecule has 0 saturated carbocycles. The van der Waals surface area contributed by atoms with Gasteiger partial charge in [0, 0.05) is 7.05 Å². The Balaban J connectivity index is 1.76. The van der Waals surface area contributed by atoms with Crippen LogP contribution in [0, 0.1) is 5.82 Å². The van der Waals surface area contributed by atoms with Crippen molar-refractivity contribution in [1.82, 2.24) is 9.55 Å². The second-order valence-electron chi connectivity index (χ2n) is 5.09. The Labute approximate surface area is 141 Å². The number of halogens is 1. The zero-order valence-electron chi connectivity index (χ0n) is 12.8. The van der Waals surface area contributed by atoms with Crippen molar-refractivity contribution in [2.45, 2.75) is 5.16 Å². The molecule has 1 heterocycles. The fraction of sp³-hybridized carbons (Fsp3) is 0.118. The van der Waals surface area contributed by atoms with Crippen molar-refractivity contribution in [3.63, 3.8) is 0 Å². The molecule has 1 N–H and O–H groups in total. The number of hydrogen-bond donors (Lipinski definition) is 1. The van der Waals surface area contributed by atoms with E-state index >= 15 is 0 Å². The Bertz CT molecular complexity index is 971. The third kappa shape index (κ3) is 3.30. The summed E-state index contributed by atoms with van der Waals surface area (Å²) in [5.74, 6) is -0.841. The zero-order valence-corrected chi connectivity index (χ0v) is 13.6. The molecule has 0 aliphatic heterocycles. The highest BCUT2D eigenvalue weighted by molar-refractivity contribution is 7.99. The first-order valence-corrected chi connectivity index (χ1v) is 8.18. The molecule has 0 fully saturated rings. The van der Waals surface area contributed by atoms with E-state index in [0.717, 1.165) is 11.8 Å². The van der Waals surface area contributed by atoms with E-state index in [0.29, 0.717) is 16.1 Å². The first-order valence-electron chi connectivity index (χ1n) is 7.19. The van der Waals surface area contributed by atoms with Crippen LogP contribution in [0.15, 0.2) is 58.5 Å². The van der Waals surface area contributed by atoms with Gasteiger partial charge in [-0.1, -0.05) is 36.0 Å². The molecule has 7 heteroatoms. The Hall–Kier alpha value is -2.67. The van der Waals surface area contributed by atoms with Crippen LogP contribution < -0.4 is 10.9 Å². The minimum absolute atomic E-state index is 0.0208. The van der Waals surface area contributed by atoms with E-state index in [1.807, 2.05) is 0 Å². The number of amides is 1. The smallest absolute Gasteiger partial charge is 0.261 e. The molecule has 0 unspecified atom stereocenters. The van der Waals surface area contributed by atoms with Gasteiger partial charge in [-0.15, -0.1) is 0 Å². The summed E-state index contributed by atoms with van der Waals surface area (Å²) in [4.78, 5) is 28.7. The largest absolute Gasteiger partial charge is 0.323 e. The standard InChI is InChI=1S/C17H14FN3O2S/c1-21-16(23)11-6-2-4-8-13(11)20-17(21)24-10-15(22)19-14-9-5-3-7-12(14)18/h2-9H,10H2,1H3,(H,19,22). The Kier molecular flexibility index (Phi) is 4.61. The fourth-order valence-corrected chi connectivity index (χ4v) is 2.98. The number of aromatic nitrogens is 2. The molecule has 0 bridgehead atoms. The summed E-state index contributed by atoms with van der Waals surface area (Å²) >= 11 is 1.13. The summed E-state index contributed by atoms with van der Waals surface area (Å²) in [6, 6.07) is 13.0. The van der Waals surface area contributed by atoms with Gasteiger partial charge in [0.2, 0.25) is 5.91 Å². The molecule has 5 nitrogen and oxygen atoms in total. The van der Waals surface area contributed by atoms with E-state index in [1.165, 1.54) is 16.7 Å². The van der Waals surface area contributed by atoms with Gasteiger partial charge in [-0.25, -0.2) is 9.37 Å². The molecular weight excluding hydrogens is 329 g/mol. The summed E-state index contributed by atoms with van der Waals surface area (Å²) in [5.41, 5.74) is 0.540. The van der Waals surface area contributed by atoms with Crippen molar-refractivity contribution in [3.8, 4) is 0 Å². The number of rotatable bonds is 4. The van der Waals surface area contributed by atoms with Crippen LogP contribution >= 0.6 is 11.8 Å². The predicted octanol–water partition coefficient (Wildman–Crippen LogP) is 2.80. The Morgan fingerprint density at radius 3 is 2.71 bits per heavy atom. The average molecular weight is 343 g/mol. The lowest BCUT2D eigenvalue weighted by Crippen LogP contribution is -2.21. The molecular formula is C17H14FN3O2S.